The van der Waals surface area contributed by atoms with Crippen LogP contribution < -0.4 is 4.90 Å². The lowest BCUT2D eigenvalue weighted by Crippen LogP contribution is -2.33. The molecule has 0 spiro atoms. The van der Waals surface area contributed by atoms with Crippen molar-refractivity contribution in [2.75, 3.05) is 4.90 Å². The highest BCUT2D eigenvalue weighted by Crippen LogP contribution is 2.38. The lowest BCUT2D eigenvalue weighted by Gasteiger charge is -2.32. The summed E-state index contributed by atoms with van der Waals surface area (Å²) in [6, 6.07) is 10.4. The fourth-order valence-corrected chi connectivity index (χ4v) is 4.87. The van der Waals surface area contributed by atoms with Crippen LogP contribution in [0.4, 0.5) is 10.1 Å². The van der Waals surface area contributed by atoms with Crippen molar-refractivity contribution in [3.8, 4) is 6.07 Å². The minimum atomic E-state index is -0.513. The van der Waals surface area contributed by atoms with E-state index in [-0.39, 0.29) is 11.1 Å². The van der Waals surface area contributed by atoms with Gasteiger partial charge in [-0.2, -0.15) is 5.26 Å². The van der Waals surface area contributed by atoms with Gasteiger partial charge in [-0.05, 0) is 67.5 Å². The Hall–Kier alpha value is -1.80. The maximum Gasteiger partial charge on any atom is 0.142 e. The molecule has 2 atom stereocenters. The van der Waals surface area contributed by atoms with Crippen LogP contribution in [0.1, 0.15) is 56.6 Å². The number of hydrogen-bond acceptors (Lipinski definition) is 3. The van der Waals surface area contributed by atoms with Gasteiger partial charge in [-0.1, -0.05) is 41.7 Å². The van der Waals surface area contributed by atoms with Crippen LogP contribution in [0.2, 0.25) is 15.1 Å². The van der Waals surface area contributed by atoms with Crippen molar-refractivity contribution in [3.05, 3.63) is 62.3 Å². The fourth-order valence-electron chi connectivity index (χ4n) is 4.21. The summed E-state index contributed by atoms with van der Waals surface area (Å²) in [5, 5.41) is 9.97. The Balaban J connectivity index is 1.87. The first-order valence-corrected chi connectivity index (χ1v) is 11.6. The molecule has 0 amide bonds. The molecular formula is C24H24Cl3FN2O. The zero-order chi connectivity index (χ0) is 22.5. The summed E-state index contributed by atoms with van der Waals surface area (Å²) in [5.41, 5.74) is 1.89. The summed E-state index contributed by atoms with van der Waals surface area (Å²) >= 11 is 18.5. The molecule has 1 aliphatic rings. The average Bonchev–Trinajstić information content (AvgIpc) is 3.22. The van der Waals surface area contributed by atoms with Gasteiger partial charge in [0.2, 0.25) is 0 Å². The summed E-state index contributed by atoms with van der Waals surface area (Å²) in [6.45, 7) is 2.28. The number of anilines is 1. The van der Waals surface area contributed by atoms with E-state index in [1.165, 1.54) is 12.1 Å². The summed E-state index contributed by atoms with van der Waals surface area (Å²) < 4.78 is 14.1. The molecule has 1 unspecified atom stereocenters. The molecule has 7 heteroatoms. The predicted octanol–water partition coefficient (Wildman–Crippen LogP) is 7.59. The van der Waals surface area contributed by atoms with E-state index >= 15 is 0 Å². The zero-order valence-corrected chi connectivity index (χ0v) is 19.6. The van der Waals surface area contributed by atoms with Gasteiger partial charge in [0.05, 0.1) is 15.6 Å². The number of nitriles is 1. The monoisotopic (exact) mass is 480 g/mol. The van der Waals surface area contributed by atoms with E-state index in [2.05, 4.69) is 11.0 Å². The van der Waals surface area contributed by atoms with Gasteiger partial charge in [-0.15, -0.1) is 0 Å². The summed E-state index contributed by atoms with van der Waals surface area (Å²) in [7, 11) is 0. The van der Waals surface area contributed by atoms with Crippen LogP contribution in [0.15, 0.2) is 30.3 Å². The summed E-state index contributed by atoms with van der Waals surface area (Å²) in [4.78, 5) is 13.9. The number of benzene rings is 2. The van der Waals surface area contributed by atoms with Crippen LogP contribution in [0.25, 0.3) is 0 Å². The smallest absolute Gasteiger partial charge is 0.142 e. The maximum absolute atomic E-state index is 14.1. The van der Waals surface area contributed by atoms with Crippen LogP contribution in [0.5, 0.6) is 0 Å². The van der Waals surface area contributed by atoms with E-state index in [4.69, 9.17) is 34.8 Å². The minimum absolute atomic E-state index is 0.0109. The molecule has 3 nitrogen and oxygen atoms in total. The normalized spacial score (nSPS) is 18.1. The Kier molecular flexibility index (Phi) is 8.22. The molecule has 3 rings (SSSR count). The van der Waals surface area contributed by atoms with Crippen LogP contribution in [0, 0.1) is 23.1 Å². The average molecular weight is 482 g/mol. The van der Waals surface area contributed by atoms with Gasteiger partial charge in [0, 0.05) is 36.1 Å². The number of carbonyl (C=O) groups excluding carboxylic acids is 1. The Morgan fingerprint density at radius 2 is 1.94 bits per heavy atom. The van der Waals surface area contributed by atoms with Gasteiger partial charge in [-0.3, -0.25) is 4.79 Å². The SMILES string of the molecule is CCC(=O)CCC1CC[C@H](N(Cc2cc(F)c(Cl)cc2Cl)c2ccc(C#N)c(Cl)c2)C1. The molecule has 31 heavy (non-hydrogen) atoms. The molecule has 1 fully saturated rings. The number of Topliss-reactive ketones (excluding diaryl/α,β-unsaturated/α-hetero) is 1. The standard InChI is InChI=1S/C24H24Cl3FN2O/c1-2-20(31)8-4-15-3-6-18(9-15)30(19-7-5-16(13-29)21(25)11-19)14-17-10-24(28)23(27)12-22(17)26/h5,7,10-12,15,18H,2-4,6,8-9,14H2,1H3/t15?,18-/m0/s1. The second kappa shape index (κ2) is 10.7. The maximum atomic E-state index is 14.1. The molecule has 2 aromatic carbocycles. The molecule has 1 aliphatic carbocycles. The molecule has 164 valence electrons. The van der Waals surface area contributed by atoms with Gasteiger partial charge in [-0.25, -0.2) is 4.39 Å². The molecule has 2 aromatic rings. The van der Waals surface area contributed by atoms with Crippen molar-refractivity contribution in [2.45, 2.75) is 58.0 Å². The molecule has 0 N–H and O–H groups in total. The largest absolute Gasteiger partial charge is 0.364 e. The quantitative estimate of drug-likeness (QED) is 0.365. The molecule has 0 heterocycles. The van der Waals surface area contributed by atoms with Crippen LogP contribution >= 0.6 is 34.8 Å². The third-order valence-corrected chi connectivity index (χ3v) is 6.97. The van der Waals surface area contributed by atoms with E-state index < -0.39 is 5.82 Å². The van der Waals surface area contributed by atoms with E-state index in [1.54, 1.807) is 12.1 Å². The molecule has 0 aliphatic heterocycles. The lowest BCUT2D eigenvalue weighted by atomic mass is 9.99. The van der Waals surface area contributed by atoms with Crippen molar-refractivity contribution in [2.24, 2.45) is 5.92 Å². The Morgan fingerprint density at radius 3 is 2.61 bits per heavy atom. The fraction of sp³-hybridized carbons (Fsp3) is 0.417. The number of ketones is 1. The van der Waals surface area contributed by atoms with Gasteiger partial charge in [0.15, 0.2) is 0 Å². The molecule has 0 aromatic heterocycles. The highest BCUT2D eigenvalue weighted by molar-refractivity contribution is 6.35. The Bertz CT molecular complexity index is 1010. The molecular weight excluding hydrogens is 458 g/mol. The van der Waals surface area contributed by atoms with Crippen molar-refractivity contribution in [1.82, 2.24) is 0 Å². The third-order valence-electron chi connectivity index (χ3n) is 6.01. The van der Waals surface area contributed by atoms with Crippen molar-refractivity contribution >= 4 is 46.3 Å². The second-order valence-corrected chi connectivity index (χ2v) is 9.25. The van der Waals surface area contributed by atoms with Gasteiger partial charge in [0.1, 0.15) is 17.7 Å². The molecule has 1 saturated carbocycles. The number of carbonyl (C=O) groups is 1. The van der Waals surface area contributed by atoms with Crippen molar-refractivity contribution in [1.29, 1.82) is 5.26 Å². The van der Waals surface area contributed by atoms with E-state index in [9.17, 15) is 14.4 Å². The minimum Gasteiger partial charge on any atom is -0.364 e. The Morgan fingerprint density at radius 1 is 1.16 bits per heavy atom. The third kappa shape index (κ3) is 5.92. The molecule has 0 saturated heterocycles. The number of nitrogens with zero attached hydrogens (tertiary/aromatic N) is 2. The molecule has 0 bridgehead atoms. The number of halogens is 4. The topological polar surface area (TPSA) is 44.1 Å². The molecule has 0 radical (unpaired) electrons. The Labute approximate surface area is 197 Å². The van der Waals surface area contributed by atoms with Gasteiger partial charge in [0.25, 0.3) is 0 Å². The van der Waals surface area contributed by atoms with Crippen LogP contribution in [-0.4, -0.2) is 11.8 Å². The number of hydrogen-bond donors (Lipinski definition) is 0. The zero-order valence-electron chi connectivity index (χ0n) is 17.3. The van der Waals surface area contributed by atoms with E-state index in [0.29, 0.717) is 52.3 Å². The van der Waals surface area contributed by atoms with E-state index in [0.717, 1.165) is 31.4 Å². The second-order valence-electron chi connectivity index (χ2n) is 8.03. The van der Waals surface area contributed by atoms with Crippen molar-refractivity contribution < 1.29 is 9.18 Å². The first-order valence-electron chi connectivity index (χ1n) is 10.4. The first kappa shape index (κ1) is 23.9. The predicted molar refractivity (Wildman–Crippen MR) is 124 cm³/mol. The highest BCUT2D eigenvalue weighted by Gasteiger charge is 2.30. The van der Waals surface area contributed by atoms with Gasteiger partial charge < -0.3 is 4.90 Å². The van der Waals surface area contributed by atoms with Crippen molar-refractivity contribution in [3.63, 3.8) is 0 Å². The summed E-state index contributed by atoms with van der Waals surface area (Å²) in [6.07, 6.45) is 5.00. The van der Waals surface area contributed by atoms with Crippen LogP contribution in [-0.2, 0) is 11.3 Å². The van der Waals surface area contributed by atoms with Crippen LogP contribution in [0.3, 0.4) is 0 Å². The summed E-state index contributed by atoms with van der Waals surface area (Å²) in [5.74, 6) is 0.248. The number of rotatable bonds is 8. The first-order chi connectivity index (χ1) is 14.8. The highest BCUT2D eigenvalue weighted by atomic mass is 35.5. The lowest BCUT2D eigenvalue weighted by molar-refractivity contribution is -0.119. The van der Waals surface area contributed by atoms with Gasteiger partial charge >= 0.3 is 0 Å². The van der Waals surface area contributed by atoms with E-state index in [1.807, 2.05) is 13.0 Å².